The van der Waals surface area contributed by atoms with Crippen LogP contribution in [0.5, 0.6) is 0 Å². The van der Waals surface area contributed by atoms with Gasteiger partial charge in [0.15, 0.2) is 0 Å². The molecule has 0 aliphatic carbocycles. The molecule has 0 aromatic heterocycles. The summed E-state index contributed by atoms with van der Waals surface area (Å²) in [6, 6.07) is 0. The van der Waals surface area contributed by atoms with Gasteiger partial charge in [-0.25, -0.2) is 0 Å². The zero-order chi connectivity index (χ0) is 14.4. The Morgan fingerprint density at radius 2 is 2.21 bits per heavy atom. The molecule has 7 heteroatoms. The number of thioether (sulfide) groups is 1. The van der Waals surface area contributed by atoms with Crippen LogP contribution in [0.3, 0.4) is 0 Å². The summed E-state index contributed by atoms with van der Waals surface area (Å²) >= 11 is 1.27. The Bertz CT molecular complexity index is 362. The first-order valence-corrected chi connectivity index (χ1v) is 7.36. The number of carbonyl (C=O) groups excluding carboxylic acids is 2. The highest BCUT2D eigenvalue weighted by molar-refractivity contribution is 8.13. The van der Waals surface area contributed by atoms with Gasteiger partial charge < -0.3 is 14.9 Å². The number of amides is 2. The lowest BCUT2D eigenvalue weighted by atomic mass is 10.1. The molecule has 108 valence electrons. The lowest BCUT2D eigenvalue weighted by molar-refractivity contribution is -0.143. The molecule has 0 bridgehead atoms. The Balaban J connectivity index is 2.41. The third-order valence-corrected chi connectivity index (χ3v) is 3.98. The van der Waals surface area contributed by atoms with E-state index in [0.29, 0.717) is 19.6 Å². The van der Waals surface area contributed by atoms with Crippen LogP contribution in [0.2, 0.25) is 0 Å². The molecule has 1 N–H and O–H groups in total. The fourth-order valence-corrected chi connectivity index (χ4v) is 2.68. The summed E-state index contributed by atoms with van der Waals surface area (Å²) in [7, 11) is 0. The lowest BCUT2D eigenvalue weighted by Crippen LogP contribution is -2.38. The van der Waals surface area contributed by atoms with Crippen molar-refractivity contribution in [3.63, 3.8) is 0 Å². The van der Waals surface area contributed by atoms with Crippen LogP contribution < -0.4 is 0 Å². The fourth-order valence-electron chi connectivity index (χ4n) is 1.83. The average molecular weight is 288 g/mol. The van der Waals surface area contributed by atoms with Gasteiger partial charge in [0.25, 0.3) is 5.24 Å². The molecule has 0 aromatic carbocycles. The van der Waals surface area contributed by atoms with Crippen LogP contribution in [0.15, 0.2) is 0 Å². The third-order valence-electron chi connectivity index (χ3n) is 3.09. The van der Waals surface area contributed by atoms with Crippen molar-refractivity contribution >= 4 is 28.9 Å². The minimum Gasteiger partial charge on any atom is -0.481 e. The second-order valence-electron chi connectivity index (χ2n) is 4.52. The topological polar surface area (TPSA) is 77.9 Å². The van der Waals surface area contributed by atoms with Crippen molar-refractivity contribution in [3.8, 4) is 0 Å². The maximum atomic E-state index is 12.0. The van der Waals surface area contributed by atoms with E-state index in [-0.39, 0.29) is 24.1 Å². The normalized spacial score (nSPS) is 16.5. The van der Waals surface area contributed by atoms with Gasteiger partial charge in [0.05, 0.1) is 5.92 Å². The monoisotopic (exact) mass is 288 g/mol. The number of carbonyl (C=O) groups is 3. The van der Waals surface area contributed by atoms with Gasteiger partial charge in [-0.2, -0.15) is 0 Å². The highest BCUT2D eigenvalue weighted by Gasteiger charge is 2.23. The number of nitrogens with zero attached hydrogens (tertiary/aromatic N) is 2. The van der Waals surface area contributed by atoms with Gasteiger partial charge >= 0.3 is 5.97 Å². The molecule has 0 aromatic rings. The highest BCUT2D eigenvalue weighted by atomic mass is 32.2. The minimum absolute atomic E-state index is 0.0229. The predicted octanol–water partition coefficient (Wildman–Crippen LogP) is 1.11. The van der Waals surface area contributed by atoms with Crippen molar-refractivity contribution < 1.29 is 19.5 Å². The summed E-state index contributed by atoms with van der Waals surface area (Å²) in [6.07, 6.45) is 0.256. The van der Waals surface area contributed by atoms with Crippen LogP contribution in [-0.4, -0.2) is 64.0 Å². The van der Waals surface area contributed by atoms with E-state index in [2.05, 4.69) is 0 Å². The van der Waals surface area contributed by atoms with Crippen molar-refractivity contribution in [1.29, 1.82) is 0 Å². The number of hydrogen-bond donors (Lipinski definition) is 1. The van der Waals surface area contributed by atoms with Gasteiger partial charge in [-0.05, 0) is 6.92 Å². The fraction of sp³-hybridized carbons (Fsp3) is 0.750. The first-order valence-electron chi connectivity index (χ1n) is 6.38. The summed E-state index contributed by atoms with van der Waals surface area (Å²) in [4.78, 5) is 37.4. The van der Waals surface area contributed by atoms with Crippen LogP contribution >= 0.6 is 11.8 Å². The van der Waals surface area contributed by atoms with Gasteiger partial charge in [0.1, 0.15) is 0 Å². The maximum Gasteiger partial charge on any atom is 0.308 e. The van der Waals surface area contributed by atoms with E-state index < -0.39 is 11.9 Å². The molecule has 6 nitrogen and oxygen atoms in total. The zero-order valence-electron chi connectivity index (χ0n) is 11.3. The standard InChI is InChI=1S/C12H20N2O4S/c1-3-13(8-9(2)11(16)17)10(15)4-5-14-6-7-19-12(14)18/h9H,3-8H2,1-2H3,(H,16,17). The van der Waals surface area contributed by atoms with Gasteiger partial charge in [-0.15, -0.1) is 0 Å². The van der Waals surface area contributed by atoms with Crippen molar-refractivity contribution in [2.45, 2.75) is 20.3 Å². The molecule has 0 radical (unpaired) electrons. The van der Waals surface area contributed by atoms with Gasteiger partial charge in [-0.3, -0.25) is 14.4 Å². The molecular weight excluding hydrogens is 268 g/mol. The summed E-state index contributed by atoms with van der Waals surface area (Å²) in [5, 5.41) is 8.87. The van der Waals surface area contributed by atoms with E-state index >= 15 is 0 Å². The molecule has 2 amide bonds. The molecule has 1 fully saturated rings. The van der Waals surface area contributed by atoms with Crippen molar-refractivity contribution in [1.82, 2.24) is 9.80 Å². The van der Waals surface area contributed by atoms with Crippen LogP contribution in [0.1, 0.15) is 20.3 Å². The number of carboxylic acids is 1. The van der Waals surface area contributed by atoms with E-state index in [4.69, 9.17) is 5.11 Å². The molecule has 1 rings (SSSR count). The van der Waals surface area contributed by atoms with Crippen LogP contribution in [-0.2, 0) is 9.59 Å². The first kappa shape index (κ1) is 15.8. The SMILES string of the molecule is CCN(CC(C)C(=O)O)C(=O)CCN1CCSC1=O. The quantitative estimate of drug-likeness (QED) is 0.759. The predicted molar refractivity (Wildman–Crippen MR) is 73.1 cm³/mol. The Morgan fingerprint density at radius 3 is 2.68 bits per heavy atom. The highest BCUT2D eigenvalue weighted by Crippen LogP contribution is 2.17. The summed E-state index contributed by atoms with van der Waals surface area (Å²) in [6.45, 7) is 5.21. The van der Waals surface area contributed by atoms with Gasteiger partial charge in [0, 0.05) is 38.4 Å². The average Bonchev–Trinajstić information content (AvgIpc) is 2.78. The van der Waals surface area contributed by atoms with E-state index in [9.17, 15) is 14.4 Å². The number of hydrogen-bond acceptors (Lipinski definition) is 4. The van der Waals surface area contributed by atoms with Crippen molar-refractivity contribution in [2.75, 3.05) is 31.9 Å². The summed E-state index contributed by atoms with van der Waals surface area (Å²) < 4.78 is 0. The third kappa shape index (κ3) is 4.74. The van der Waals surface area contributed by atoms with Crippen molar-refractivity contribution in [2.24, 2.45) is 5.92 Å². The molecule has 1 atom stereocenters. The molecule has 1 saturated heterocycles. The Morgan fingerprint density at radius 1 is 1.53 bits per heavy atom. The zero-order valence-corrected chi connectivity index (χ0v) is 12.1. The Hall–Kier alpha value is -1.24. The molecular formula is C12H20N2O4S. The Kier molecular flexibility index (Phi) is 6.14. The molecule has 0 saturated carbocycles. The maximum absolute atomic E-state index is 12.0. The molecule has 0 spiro atoms. The summed E-state index contributed by atoms with van der Waals surface area (Å²) in [5.41, 5.74) is 0. The van der Waals surface area contributed by atoms with Crippen LogP contribution in [0.25, 0.3) is 0 Å². The molecule has 1 aliphatic rings. The van der Waals surface area contributed by atoms with Crippen LogP contribution in [0, 0.1) is 5.92 Å². The number of rotatable bonds is 7. The van der Waals surface area contributed by atoms with E-state index in [0.717, 1.165) is 5.75 Å². The lowest BCUT2D eigenvalue weighted by Gasteiger charge is -2.24. The number of carboxylic acid groups (broad SMARTS) is 1. The Labute approximate surface area is 117 Å². The van der Waals surface area contributed by atoms with E-state index in [1.54, 1.807) is 11.8 Å². The van der Waals surface area contributed by atoms with Gasteiger partial charge in [0.2, 0.25) is 5.91 Å². The minimum atomic E-state index is -0.905. The largest absolute Gasteiger partial charge is 0.481 e. The van der Waals surface area contributed by atoms with E-state index in [1.807, 2.05) is 6.92 Å². The van der Waals surface area contributed by atoms with Crippen LogP contribution in [0.4, 0.5) is 4.79 Å². The van der Waals surface area contributed by atoms with Gasteiger partial charge in [-0.1, -0.05) is 18.7 Å². The second kappa shape index (κ2) is 7.37. The molecule has 1 unspecified atom stereocenters. The van der Waals surface area contributed by atoms with Crippen molar-refractivity contribution in [3.05, 3.63) is 0 Å². The molecule has 1 heterocycles. The first-order chi connectivity index (χ1) is 8.95. The summed E-state index contributed by atoms with van der Waals surface area (Å²) in [5.74, 6) is -0.800. The molecule has 19 heavy (non-hydrogen) atoms. The molecule has 1 aliphatic heterocycles. The number of aliphatic carboxylic acids is 1. The van der Waals surface area contributed by atoms with E-state index in [1.165, 1.54) is 16.7 Å². The second-order valence-corrected chi connectivity index (χ2v) is 5.57. The smallest absolute Gasteiger partial charge is 0.308 e.